The van der Waals surface area contributed by atoms with E-state index >= 15 is 0 Å². The van der Waals surface area contributed by atoms with E-state index < -0.39 is 6.10 Å². The third kappa shape index (κ3) is 2.60. The summed E-state index contributed by atoms with van der Waals surface area (Å²) in [5.41, 5.74) is 6.51. The van der Waals surface area contributed by atoms with Crippen LogP contribution in [-0.4, -0.2) is 22.7 Å². The van der Waals surface area contributed by atoms with Crippen molar-refractivity contribution in [3.63, 3.8) is 0 Å². The molecule has 17 heavy (non-hydrogen) atoms. The molecule has 0 aliphatic heterocycles. The van der Waals surface area contributed by atoms with E-state index in [1.165, 1.54) is 0 Å². The van der Waals surface area contributed by atoms with Gasteiger partial charge in [0.25, 0.3) is 0 Å². The van der Waals surface area contributed by atoms with E-state index in [-0.39, 0.29) is 0 Å². The Balaban J connectivity index is 2.49. The van der Waals surface area contributed by atoms with Crippen LogP contribution in [0.5, 0.6) is 0 Å². The van der Waals surface area contributed by atoms with E-state index in [9.17, 15) is 5.11 Å². The SMILES string of the molecule is CC(O)CNc1nccc2c(N)cc(Cl)cc12. The van der Waals surface area contributed by atoms with Crippen molar-refractivity contribution in [1.29, 1.82) is 0 Å². The number of aliphatic hydroxyl groups excluding tert-OH is 1. The van der Waals surface area contributed by atoms with Gasteiger partial charge in [0.1, 0.15) is 5.82 Å². The van der Waals surface area contributed by atoms with Gasteiger partial charge >= 0.3 is 0 Å². The fourth-order valence-corrected chi connectivity index (χ4v) is 1.89. The van der Waals surface area contributed by atoms with Gasteiger partial charge in [0.15, 0.2) is 0 Å². The van der Waals surface area contributed by atoms with E-state index in [4.69, 9.17) is 17.3 Å². The number of halogens is 1. The van der Waals surface area contributed by atoms with Crippen molar-refractivity contribution < 1.29 is 5.11 Å². The summed E-state index contributed by atoms with van der Waals surface area (Å²) in [5.74, 6) is 0.678. The molecule has 90 valence electrons. The fraction of sp³-hybridized carbons (Fsp3) is 0.250. The molecule has 0 fully saturated rings. The van der Waals surface area contributed by atoms with Gasteiger partial charge in [-0.05, 0) is 25.1 Å². The van der Waals surface area contributed by atoms with Crippen molar-refractivity contribution in [3.05, 3.63) is 29.4 Å². The molecule has 1 heterocycles. The summed E-state index contributed by atoms with van der Waals surface area (Å²) < 4.78 is 0. The smallest absolute Gasteiger partial charge is 0.134 e. The van der Waals surface area contributed by atoms with Crippen LogP contribution in [0.4, 0.5) is 11.5 Å². The third-order valence-electron chi connectivity index (χ3n) is 2.44. The average Bonchev–Trinajstić information content (AvgIpc) is 2.26. The lowest BCUT2D eigenvalue weighted by Crippen LogP contribution is -2.16. The zero-order valence-electron chi connectivity index (χ0n) is 9.44. The third-order valence-corrected chi connectivity index (χ3v) is 2.66. The molecule has 1 aromatic carbocycles. The maximum atomic E-state index is 9.25. The van der Waals surface area contributed by atoms with Crippen LogP contribution in [0.1, 0.15) is 6.92 Å². The van der Waals surface area contributed by atoms with Crippen LogP contribution < -0.4 is 11.1 Å². The van der Waals surface area contributed by atoms with Gasteiger partial charge in [0.05, 0.1) is 6.10 Å². The lowest BCUT2D eigenvalue weighted by molar-refractivity contribution is 0.208. The molecule has 5 heteroatoms. The van der Waals surface area contributed by atoms with Crippen molar-refractivity contribution in [3.8, 4) is 0 Å². The number of nitrogens with zero attached hydrogens (tertiary/aromatic N) is 1. The van der Waals surface area contributed by atoms with E-state index in [0.717, 1.165) is 10.8 Å². The van der Waals surface area contributed by atoms with Crippen molar-refractivity contribution >= 4 is 33.9 Å². The van der Waals surface area contributed by atoms with Crippen molar-refractivity contribution in [2.75, 3.05) is 17.6 Å². The lowest BCUT2D eigenvalue weighted by Gasteiger charge is -2.11. The number of aromatic nitrogens is 1. The molecule has 0 saturated carbocycles. The second kappa shape index (κ2) is 4.77. The number of hydrogen-bond donors (Lipinski definition) is 3. The van der Waals surface area contributed by atoms with Gasteiger partial charge in [-0.1, -0.05) is 11.6 Å². The Kier molecular flexibility index (Phi) is 3.36. The Hall–Kier alpha value is -1.52. The highest BCUT2D eigenvalue weighted by molar-refractivity contribution is 6.32. The van der Waals surface area contributed by atoms with Crippen LogP contribution in [0.25, 0.3) is 10.8 Å². The quantitative estimate of drug-likeness (QED) is 0.732. The van der Waals surface area contributed by atoms with Crippen LogP contribution in [0.2, 0.25) is 5.02 Å². The van der Waals surface area contributed by atoms with Crippen LogP contribution >= 0.6 is 11.6 Å². The largest absolute Gasteiger partial charge is 0.398 e. The molecule has 0 spiro atoms. The summed E-state index contributed by atoms with van der Waals surface area (Å²) >= 11 is 5.97. The first-order valence-electron chi connectivity index (χ1n) is 5.33. The standard InChI is InChI=1S/C12H14ClN3O/c1-7(17)6-16-12-10-4-8(13)5-11(14)9(10)2-3-15-12/h2-5,7,17H,6,14H2,1H3,(H,15,16). The topological polar surface area (TPSA) is 71.2 Å². The van der Waals surface area contributed by atoms with E-state index in [2.05, 4.69) is 10.3 Å². The number of anilines is 2. The molecule has 4 N–H and O–H groups in total. The maximum Gasteiger partial charge on any atom is 0.134 e. The minimum Gasteiger partial charge on any atom is -0.398 e. The molecular weight excluding hydrogens is 238 g/mol. The van der Waals surface area contributed by atoms with Gasteiger partial charge in [-0.25, -0.2) is 4.98 Å². The molecule has 4 nitrogen and oxygen atoms in total. The zero-order chi connectivity index (χ0) is 12.4. The Bertz CT molecular complexity index is 543. The number of nitrogen functional groups attached to an aromatic ring is 1. The second-order valence-electron chi connectivity index (χ2n) is 3.98. The molecule has 0 bridgehead atoms. The lowest BCUT2D eigenvalue weighted by atomic mass is 10.1. The minimum atomic E-state index is -0.441. The molecule has 2 aromatic rings. The summed E-state index contributed by atoms with van der Waals surface area (Å²) in [5, 5.41) is 14.7. The summed E-state index contributed by atoms with van der Waals surface area (Å²) in [6.45, 7) is 2.14. The first-order chi connectivity index (χ1) is 8.08. The average molecular weight is 252 g/mol. The number of fused-ring (bicyclic) bond motifs is 1. The first kappa shape index (κ1) is 12.0. The highest BCUT2D eigenvalue weighted by Gasteiger charge is 2.06. The molecule has 1 aromatic heterocycles. The van der Waals surface area contributed by atoms with E-state index in [0.29, 0.717) is 23.1 Å². The first-order valence-corrected chi connectivity index (χ1v) is 5.71. The number of benzene rings is 1. The number of nitrogens with two attached hydrogens (primary N) is 1. The number of aliphatic hydroxyl groups is 1. The normalized spacial score (nSPS) is 12.6. The second-order valence-corrected chi connectivity index (χ2v) is 4.42. The fourth-order valence-electron chi connectivity index (χ4n) is 1.66. The highest BCUT2D eigenvalue weighted by atomic mass is 35.5. The Morgan fingerprint density at radius 2 is 2.24 bits per heavy atom. The molecule has 0 saturated heterocycles. The van der Waals surface area contributed by atoms with E-state index in [1.807, 2.05) is 12.1 Å². The van der Waals surface area contributed by atoms with Crippen LogP contribution in [0.3, 0.4) is 0 Å². The molecule has 0 aliphatic carbocycles. The van der Waals surface area contributed by atoms with Crippen molar-refractivity contribution in [2.24, 2.45) is 0 Å². The maximum absolute atomic E-state index is 9.25. The molecule has 1 unspecified atom stereocenters. The molecule has 0 radical (unpaired) electrons. The number of pyridine rings is 1. The van der Waals surface area contributed by atoms with Gasteiger partial charge in [-0.15, -0.1) is 0 Å². The Labute approximate surface area is 104 Å². The summed E-state index contributed by atoms with van der Waals surface area (Å²) in [6, 6.07) is 5.36. The highest BCUT2D eigenvalue weighted by Crippen LogP contribution is 2.29. The summed E-state index contributed by atoms with van der Waals surface area (Å²) in [7, 11) is 0. The van der Waals surface area contributed by atoms with Crippen LogP contribution in [0.15, 0.2) is 24.4 Å². The van der Waals surface area contributed by atoms with Gasteiger partial charge < -0.3 is 16.2 Å². The predicted octanol–water partition coefficient (Wildman–Crippen LogP) is 2.26. The van der Waals surface area contributed by atoms with Crippen molar-refractivity contribution in [2.45, 2.75) is 13.0 Å². The predicted molar refractivity (Wildman–Crippen MR) is 71.3 cm³/mol. The monoisotopic (exact) mass is 251 g/mol. The summed E-state index contributed by atoms with van der Waals surface area (Å²) in [4.78, 5) is 4.22. The number of hydrogen-bond acceptors (Lipinski definition) is 4. The molecule has 0 amide bonds. The minimum absolute atomic E-state index is 0.429. The zero-order valence-corrected chi connectivity index (χ0v) is 10.2. The van der Waals surface area contributed by atoms with E-state index in [1.54, 1.807) is 19.2 Å². The van der Waals surface area contributed by atoms with Gasteiger partial charge in [0, 0.05) is 34.2 Å². The molecular formula is C12H14ClN3O. The Morgan fingerprint density at radius 1 is 1.47 bits per heavy atom. The molecule has 2 rings (SSSR count). The number of nitrogens with one attached hydrogen (secondary N) is 1. The van der Waals surface area contributed by atoms with Crippen LogP contribution in [0, 0.1) is 0 Å². The molecule has 1 atom stereocenters. The summed E-state index contributed by atoms with van der Waals surface area (Å²) in [6.07, 6.45) is 1.24. The van der Waals surface area contributed by atoms with Crippen LogP contribution in [-0.2, 0) is 0 Å². The van der Waals surface area contributed by atoms with Gasteiger partial charge in [0.2, 0.25) is 0 Å². The van der Waals surface area contributed by atoms with Crippen molar-refractivity contribution in [1.82, 2.24) is 4.98 Å². The Morgan fingerprint density at radius 3 is 2.94 bits per heavy atom. The van der Waals surface area contributed by atoms with Gasteiger partial charge in [-0.2, -0.15) is 0 Å². The van der Waals surface area contributed by atoms with Gasteiger partial charge in [-0.3, -0.25) is 0 Å². The number of rotatable bonds is 3. The molecule has 0 aliphatic rings.